The first-order chi connectivity index (χ1) is 8.00. The summed E-state index contributed by atoms with van der Waals surface area (Å²) in [6.07, 6.45) is -3.68. The molecular formula is C9H9F3N2O2S2. The zero-order valence-corrected chi connectivity index (χ0v) is 10.7. The highest BCUT2D eigenvalue weighted by molar-refractivity contribution is 7.92. The molecule has 0 bridgehead atoms. The summed E-state index contributed by atoms with van der Waals surface area (Å²) in [6, 6.07) is 2.42. The number of anilines is 1. The van der Waals surface area contributed by atoms with Crippen LogP contribution in [-0.2, 0) is 16.2 Å². The van der Waals surface area contributed by atoms with Crippen molar-refractivity contribution in [3.8, 4) is 0 Å². The molecule has 0 aromatic heterocycles. The Morgan fingerprint density at radius 1 is 1.39 bits per heavy atom. The summed E-state index contributed by atoms with van der Waals surface area (Å²) in [6.45, 7) is 0. The summed E-state index contributed by atoms with van der Waals surface area (Å²) in [7, 11) is -3.63. The van der Waals surface area contributed by atoms with Gasteiger partial charge in [-0.1, -0.05) is 12.2 Å². The van der Waals surface area contributed by atoms with Gasteiger partial charge in [0.1, 0.15) is 4.99 Å². The van der Waals surface area contributed by atoms with Crippen molar-refractivity contribution in [3.05, 3.63) is 29.3 Å². The van der Waals surface area contributed by atoms with Crippen molar-refractivity contribution in [3.63, 3.8) is 0 Å². The Morgan fingerprint density at radius 3 is 2.33 bits per heavy atom. The first kappa shape index (κ1) is 14.7. The van der Waals surface area contributed by atoms with Gasteiger partial charge in [0.25, 0.3) is 0 Å². The summed E-state index contributed by atoms with van der Waals surface area (Å²) < 4.78 is 61.6. The van der Waals surface area contributed by atoms with Crippen LogP contribution in [-0.4, -0.2) is 19.7 Å². The third-order valence-corrected chi connectivity index (χ3v) is 2.72. The number of sulfonamides is 1. The lowest BCUT2D eigenvalue weighted by atomic mass is 10.1. The van der Waals surface area contributed by atoms with E-state index in [9.17, 15) is 21.6 Å². The lowest BCUT2D eigenvalue weighted by molar-refractivity contribution is -0.137. The number of rotatable bonds is 3. The molecule has 1 rings (SSSR count). The maximum absolute atomic E-state index is 12.5. The molecule has 0 saturated heterocycles. The third-order valence-electron chi connectivity index (χ3n) is 1.91. The van der Waals surface area contributed by atoms with Gasteiger partial charge in [-0.25, -0.2) is 8.42 Å². The molecule has 4 nitrogen and oxygen atoms in total. The molecule has 9 heteroatoms. The average Bonchev–Trinajstić information content (AvgIpc) is 2.13. The van der Waals surface area contributed by atoms with Gasteiger partial charge in [-0.05, 0) is 18.2 Å². The van der Waals surface area contributed by atoms with Gasteiger partial charge < -0.3 is 5.73 Å². The fourth-order valence-electron chi connectivity index (χ4n) is 1.21. The zero-order valence-electron chi connectivity index (χ0n) is 9.08. The minimum Gasteiger partial charge on any atom is -0.389 e. The second kappa shape index (κ2) is 4.73. The number of hydrogen-bond acceptors (Lipinski definition) is 3. The van der Waals surface area contributed by atoms with Crippen LogP contribution in [0.15, 0.2) is 18.2 Å². The van der Waals surface area contributed by atoms with Crippen molar-refractivity contribution < 1.29 is 21.6 Å². The SMILES string of the molecule is CS(=O)(=O)Nc1ccc(C(F)(F)F)cc1C(N)=S. The molecule has 0 atom stereocenters. The minimum absolute atomic E-state index is 0.0852. The van der Waals surface area contributed by atoms with Crippen molar-refractivity contribution in [1.82, 2.24) is 0 Å². The molecule has 18 heavy (non-hydrogen) atoms. The van der Waals surface area contributed by atoms with Crippen LogP contribution in [0, 0.1) is 0 Å². The molecule has 3 N–H and O–H groups in total. The van der Waals surface area contributed by atoms with Crippen LogP contribution in [0.25, 0.3) is 0 Å². The standard InChI is InChI=1S/C9H9F3N2O2S2/c1-18(15,16)14-7-3-2-5(9(10,11)12)4-6(7)8(13)17/h2-4,14H,1H3,(H2,13,17). The Hall–Kier alpha value is -1.35. The lowest BCUT2D eigenvalue weighted by Gasteiger charge is -2.13. The van der Waals surface area contributed by atoms with Gasteiger partial charge in [0.15, 0.2) is 0 Å². The average molecular weight is 298 g/mol. The van der Waals surface area contributed by atoms with Crippen LogP contribution in [0.4, 0.5) is 18.9 Å². The largest absolute Gasteiger partial charge is 0.416 e. The van der Waals surface area contributed by atoms with E-state index in [1.54, 1.807) is 0 Å². The molecule has 1 aromatic rings. The first-order valence-electron chi connectivity index (χ1n) is 4.49. The Morgan fingerprint density at radius 2 is 1.94 bits per heavy atom. The number of nitrogens with one attached hydrogen (secondary N) is 1. The van der Waals surface area contributed by atoms with Crippen LogP contribution in [0.3, 0.4) is 0 Å². The predicted octanol–water partition coefficient (Wildman–Crippen LogP) is 1.71. The van der Waals surface area contributed by atoms with E-state index in [0.717, 1.165) is 18.4 Å². The van der Waals surface area contributed by atoms with Crippen LogP contribution >= 0.6 is 12.2 Å². The van der Waals surface area contributed by atoms with E-state index < -0.39 is 21.8 Å². The molecular weight excluding hydrogens is 289 g/mol. The molecule has 0 heterocycles. The van der Waals surface area contributed by atoms with Crippen molar-refractivity contribution in [2.45, 2.75) is 6.18 Å². The van der Waals surface area contributed by atoms with E-state index in [2.05, 4.69) is 12.2 Å². The van der Waals surface area contributed by atoms with E-state index >= 15 is 0 Å². The summed E-state index contributed by atoms with van der Waals surface area (Å²) in [5.41, 5.74) is 4.06. The minimum atomic E-state index is -4.55. The number of thiocarbonyl (C=S) groups is 1. The Bertz CT molecular complexity index is 582. The van der Waals surface area contributed by atoms with Crippen molar-refractivity contribution in [2.24, 2.45) is 5.73 Å². The molecule has 0 amide bonds. The number of halogens is 3. The van der Waals surface area contributed by atoms with Gasteiger partial charge in [0.05, 0.1) is 17.5 Å². The summed E-state index contributed by atoms with van der Waals surface area (Å²) in [5, 5.41) is 0. The summed E-state index contributed by atoms with van der Waals surface area (Å²) in [4.78, 5) is -0.327. The summed E-state index contributed by atoms with van der Waals surface area (Å²) in [5.74, 6) is 0. The second-order valence-corrected chi connectivity index (χ2v) is 5.68. The first-order valence-corrected chi connectivity index (χ1v) is 6.79. The maximum Gasteiger partial charge on any atom is 0.416 e. The highest BCUT2D eigenvalue weighted by Gasteiger charge is 2.31. The van der Waals surface area contributed by atoms with E-state index in [1.165, 1.54) is 0 Å². The molecule has 0 saturated carbocycles. The smallest absolute Gasteiger partial charge is 0.389 e. The third kappa shape index (κ3) is 3.84. The zero-order chi connectivity index (χ0) is 14.1. The van der Waals surface area contributed by atoms with Crippen molar-refractivity contribution in [2.75, 3.05) is 11.0 Å². The molecule has 0 fully saturated rings. The van der Waals surface area contributed by atoms with E-state index in [0.29, 0.717) is 6.07 Å². The highest BCUT2D eigenvalue weighted by Crippen LogP contribution is 2.32. The van der Waals surface area contributed by atoms with Gasteiger partial charge in [-0.2, -0.15) is 13.2 Å². The quantitative estimate of drug-likeness (QED) is 0.833. The maximum atomic E-state index is 12.5. The monoisotopic (exact) mass is 298 g/mol. The van der Waals surface area contributed by atoms with Gasteiger partial charge in [-0.3, -0.25) is 4.72 Å². The molecule has 0 unspecified atom stereocenters. The van der Waals surface area contributed by atoms with Gasteiger partial charge in [0.2, 0.25) is 10.0 Å². The highest BCUT2D eigenvalue weighted by atomic mass is 32.2. The van der Waals surface area contributed by atoms with Crippen LogP contribution in [0.2, 0.25) is 0 Å². The summed E-state index contributed by atoms with van der Waals surface area (Å²) >= 11 is 4.60. The van der Waals surface area contributed by atoms with Gasteiger partial charge in [-0.15, -0.1) is 0 Å². The topological polar surface area (TPSA) is 72.2 Å². The fourth-order valence-corrected chi connectivity index (χ4v) is 1.96. The number of hydrogen-bond donors (Lipinski definition) is 2. The van der Waals surface area contributed by atoms with Gasteiger partial charge >= 0.3 is 6.18 Å². The van der Waals surface area contributed by atoms with E-state index in [1.807, 2.05) is 4.72 Å². The fraction of sp³-hybridized carbons (Fsp3) is 0.222. The molecule has 0 aliphatic rings. The molecule has 0 aliphatic heterocycles. The normalized spacial score (nSPS) is 12.2. The number of benzene rings is 1. The van der Waals surface area contributed by atoms with Crippen molar-refractivity contribution >= 4 is 32.9 Å². The van der Waals surface area contributed by atoms with E-state index in [-0.39, 0.29) is 16.2 Å². The Labute approximate surface area is 107 Å². The number of alkyl halides is 3. The number of nitrogens with two attached hydrogens (primary N) is 1. The predicted molar refractivity (Wildman–Crippen MR) is 65.8 cm³/mol. The van der Waals surface area contributed by atoms with E-state index in [4.69, 9.17) is 5.73 Å². The molecule has 0 spiro atoms. The second-order valence-electron chi connectivity index (χ2n) is 3.50. The van der Waals surface area contributed by atoms with Crippen LogP contribution < -0.4 is 10.5 Å². The van der Waals surface area contributed by atoms with Gasteiger partial charge in [0, 0.05) is 5.56 Å². The lowest BCUT2D eigenvalue weighted by Crippen LogP contribution is -2.18. The molecule has 1 aromatic carbocycles. The Kier molecular flexibility index (Phi) is 3.86. The molecule has 100 valence electrons. The van der Waals surface area contributed by atoms with Crippen LogP contribution in [0.5, 0.6) is 0 Å². The molecule has 0 aliphatic carbocycles. The molecule has 0 radical (unpaired) electrons. The van der Waals surface area contributed by atoms with Crippen molar-refractivity contribution in [1.29, 1.82) is 0 Å². The van der Waals surface area contributed by atoms with Crippen LogP contribution in [0.1, 0.15) is 11.1 Å². The Balaban J connectivity index is 3.34.